The van der Waals surface area contributed by atoms with Crippen molar-refractivity contribution in [3.05, 3.63) is 63.7 Å². The molecule has 2 aromatic rings. The molecule has 0 saturated carbocycles. The van der Waals surface area contributed by atoms with Gasteiger partial charge in [0.25, 0.3) is 5.69 Å². The van der Waals surface area contributed by atoms with Gasteiger partial charge < -0.3 is 9.84 Å². The molecule has 0 saturated heterocycles. The zero-order chi connectivity index (χ0) is 18.2. The molecule has 0 unspecified atom stereocenters. The van der Waals surface area contributed by atoms with Gasteiger partial charge in [0.1, 0.15) is 18.1 Å². The molecule has 0 heterocycles. The van der Waals surface area contributed by atoms with Crippen LogP contribution in [-0.2, 0) is 6.61 Å². The summed E-state index contributed by atoms with van der Waals surface area (Å²) in [4.78, 5) is 22.4. The summed E-state index contributed by atoms with van der Waals surface area (Å²) in [7, 11) is 0. The summed E-state index contributed by atoms with van der Waals surface area (Å²) in [6.45, 7) is 2.19. The Morgan fingerprint density at radius 3 is 2.68 bits per heavy atom. The fraction of sp³-hybridized carbons (Fsp3) is 0.316. The van der Waals surface area contributed by atoms with Gasteiger partial charge in [-0.25, -0.2) is 0 Å². The van der Waals surface area contributed by atoms with Crippen molar-refractivity contribution < 1.29 is 19.6 Å². The number of phenolic OH excluding ortho intramolecular Hbond substituents is 1. The van der Waals surface area contributed by atoms with E-state index < -0.39 is 4.92 Å². The molecule has 0 fully saturated rings. The van der Waals surface area contributed by atoms with Gasteiger partial charge >= 0.3 is 0 Å². The van der Waals surface area contributed by atoms with Crippen molar-refractivity contribution in [3.8, 4) is 11.5 Å². The second-order valence-corrected chi connectivity index (χ2v) is 5.77. The van der Waals surface area contributed by atoms with Crippen molar-refractivity contribution in [2.45, 2.75) is 39.2 Å². The molecule has 0 amide bonds. The van der Waals surface area contributed by atoms with E-state index in [-0.39, 0.29) is 23.8 Å². The second kappa shape index (κ2) is 8.82. The van der Waals surface area contributed by atoms with E-state index in [0.717, 1.165) is 19.3 Å². The van der Waals surface area contributed by atoms with Gasteiger partial charge in [0, 0.05) is 24.6 Å². The number of nitrogens with zero attached hydrogens (tertiary/aromatic N) is 1. The number of nitro benzene ring substituents is 1. The second-order valence-electron chi connectivity index (χ2n) is 5.77. The summed E-state index contributed by atoms with van der Waals surface area (Å²) in [5.41, 5.74) is 0.934. The third-order valence-corrected chi connectivity index (χ3v) is 3.80. The van der Waals surface area contributed by atoms with Crippen molar-refractivity contribution in [1.82, 2.24) is 0 Å². The Morgan fingerprint density at radius 1 is 1.20 bits per heavy atom. The van der Waals surface area contributed by atoms with E-state index in [4.69, 9.17) is 4.74 Å². The molecule has 0 bridgehead atoms. The standard InChI is InChI=1S/C19H21NO5/c1-2-3-4-8-18(21)17-10-9-16(12-19(17)22)25-13-14-6-5-7-15(11-14)20(23)24/h5-7,9-12,22H,2-4,8,13H2,1H3. The molecule has 132 valence electrons. The normalized spacial score (nSPS) is 10.4. The predicted molar refractivity (Wildman–Crippen MR) is 94.0 cm³/mol. The molecule has 25 heavy (non-hydrogen) atoms. The summed E-state index contributed by atoms with van der Waals surface area (Å²) in [6.07, 6.45) is 3.23. The van der Waals surface area contributed by atoms with Crippen LogP contribution < -0.4 is 4.74 Å². The number of phenols is 1. The molecule has 1 N–H and O–H groups in total. The minimum absolute atomic E-state index is 0.00280. The SMILES string of the molecule is CCCCCC(=O)c1ccc(OCc2cccc([N+](=O)[O-])c2)cc1O. The average Bonchev–Trinajstić information content (AvgIpc) is 2.60. The monoisotopic (exact) mass is 343 g/mol. The number of aromatic hydroxyl groups is 1. The van der Waals surface area contributed by atoms with Crippen LogP contribution in [0.5, 0.6) is 11.5 Å². The molecular weight excluding hydrogens is 322 g/mol. The van der Waals surface area contributed by atoms with E-state index in [2.05, 4.69) is 6.92 Å². The lowest BCUT2D eigenvalue weighted by Crippen LogP contribution is -2.01. The van der Waals surface area contributed by atoms with E-state index in [1.165, 1.54) is 18.2 Å². The first-order valence-electron chi connectivity index (χ1n) is 8.23. The smallest absolute Gasteiger partial charge is 0.269 e. The van der Waals surface area contributed by atoms with Crippen molar-refractivity contribution in [2.75, 3.05) is 0 Å². The summed E-state index contributed by atoms with van der Waals surface area (Å²) in [5.74, 6) is 0.198. The highest BCUT2D eigenvalue weighted by Crippen LogP contribution is 2.26. The highest BCUT2D eigenvalue weighted by Gasteiger charge is 2.12. The van der Waals surface area contributed by atoms with Gasteiger partial charge in [0.2, 0.25) is 0 Å². The fourth-order valence-electron chi connectivity index (χ4n) is 2.43. The first-order valence-corrected chi connectivity index (χ1v) is 8.23. The minimum atomic E-state index is -0.464. The highest BCUT2D eigenvalue weighted by atomic mass is 16.6. The van der Waals surface area contributed by atoms with Gasteiger partial charge in [0.15, 0.2) is 5.78 Å². The molecule has 0 atom stereocenters. The third kappa shape index (κ3) is 5.31. The van der Waals surface area contributed by atoms with Gasteiger partial charge in [-0.1, -0.05) is 31.9 Å². The minimum Gasteiger partial charge on any atom is -0.507 e. The molecule has 0 aliphatic carbocycles. The zero-order valence-electron chi connectivity index (χ0n) is 14.1. The summed E-state index contributed by atoms with van der Waals surface area (Å²) >= 11 is 0. The summed E-state index contributed by atoms with van der Waals surface area (Å²) in [5, 5.41) is 20.8. The first-order chi connectivity index (χ1) is 12.0. The quantitative estimate of drug-likeness (QED) is 0.310. The van der Waals surface area contributed by atoms with Crippen LogP contribution >= 0.6 is 0 Å². The van der Waals surface area contributed by atoms with Gasteiger partial charge in [-0.2, -0.15) is 0 Å². The lowest BCUT2D eigenvalue weighted by molar-refractivity contribution is -0.384. The van der Waals surface area contributed by atoms with E-state index in [1.807, 2.05) is 0 Å². The lowest BCUT2D eigenvalue weighted by Gasteiger charge is -2.09. The Kier molecular flexibility index (Phi) is 6.51. The molecule has 6 nitrogen and oxygen atoms in total. The summed E-state index contributed by atoms with van der Waals surface area (Å²) < 4.78 is 5.55. The number of hydrogen-bond acceptors (Lipinski definition) is 5. The van der Waals surface area contributed by atoms with Gasteiger partial charge in [-0.15, -0.1) is 0 Å². The fourth-order valence-corrected chi connectivity index (χ4v) is 2.43. The molecule has 0 spiro atoms. The van der Waals surface area contributed by atoms with E-state index in [0.29, 0.717) is 23.3 Å². The Balaban J connectivity index is 1.99. The number of ketones is 1. The molecule has 6 heteroatoms. The van der Waals surface area contributed by atoms with Gasteiger partial charge in [-0.05, 0) is 24.1 Å². The average molecular weight is 343 g/mol. The number of carbonyl (C=O) groups is 1. The summed E-state index contributed by atoms with van der Waals surface area (Å²) in [6, 6.07) is 10.7. The van der Waals surface area contributed by atoms with Crippen LogP contribution in [0.25, 0.3) is 0 Å². The Morgan fingerprint density at radius 2 is 2.00 bits per heavy atom. The maximum absolute atomic E-state index is 12.1. The van der Waals surface area contributed by atoms with Crippen LogP contribution in [0.15, 0.2) is 42.5 Å². The van der Waals surface area contributed by atoms with E-state index in [1.54, 1.807) is 24.3 Å². The number of ether oxygens (including phenoxy) is 1. The highest BCUT2D eigenvalue weighted by molar-refractivity contribution is 5.98. The van der Waals surface area contributed by atoms with Crippen molar-refractivity contribution >= 4 is 11.5 Å². The molecule has 0 radical (unpaired) electrons. The largest absolute Gasteiger partial charge is 0.507 e. The van der Waals surface area contributed by atoms with Crippen LogP contribution in [0.4, 0.5) is 5.69 Å². The van der Waals surface area contributed by atoms with Gasteiger partial charge in [0.05, 0.1) is 10.5 Å². The maximum Gasteiger partial charge on any atom is 0.269 e. The first kappa shape index (κ1) is 18.4. The number of Topliss-reactive ketones (excluding diaryl/α,β-unsaturated/α-hetero) is 1. The molecule has 0 aliphatic rings. The molecule has 0 aliphatic heterocycles. The zero-order valence-corrected chi connectivity index (χ0v) is 14.1. The lowest BCUT2D eigenvalue weighted by atomic mass is 10.0. The molecule has 0 aromatic heterocycles. The van der Waals surface area contributed by atoms with Crippen LogP contribution in [0.1, 0.15) is 48.5 Å². The molecular formula is C19H21NO5. The third-order valence-electron chi connectivity index (χ3n) is 3.80. The van der Waals surface area contributed by atoms with E-state index >= 15 is 0 Å². The topological polar surface area (TPSA) is 89.7 Å². The molecule has 2 rings (SSSR count). The van der Waals surface area contributed by atoms with E-state index in [9.17, 15) is 20.0 Å². The van der Waals surface area contributed by atoms with Crippen LogP contribution in [0.2, 0.25) is 0 Å². The Bertz CT molecular complexity index is 757. The number of hydrogen-bond donors (Lipinski definition) is 1. The molecule has 2 aromatic carbocycles. The number of rotatable bonds is 9. The van der Waals surface area contributed by atoms with Gasteiger partial charge in [-0.3, -0.25) is 14.9 Å². The van der Waals surface area contributed by atoms with Crippen LogP contribution in [-0.4, -0.2) is 15.8 Å². The van der Waals surface area contributed by atoms with Crippen LogP contribution in [0, 0.1) is 10.1 Å². The van der Waals surface area contributed by atoms with Crippen molar-refractivity contribution in [2.24, 2.45) is 0 Å². The number of carbonyl (C=O) groups excluding carboxylic acids is 1. The number of nitro groups is 1. The van der Waals surface area contributed by atoms with Crippen molar-refractivity contribution in [3.63, 3.8) is 0 Å². The Labute approximate surface area is 146 Å². The number of benzene rings is 2. The number of non-ortho nitro benzene ring substituents is 1. The maximum atomic E-state index is 12.1. The Hall–Kier alpha value is -2.89. The number of unbranched alkanes of at least 4 members (excludes halogenated alkanes) is 2. The van der Waals surface area contributed by atoms with Crippen LogP contribution in [0.3, 0.4) is 0 Å². The van der Waals surface area contributed by atoms with Crippen molar-refractivity contribution in [1.29, 1.82) is 0 Å². The predicted octanol–water partition coefficient (Wildman–Crippen LogP) is 4.64.